The van der Waals surface area contributed by atoms with Crippen molar-refractivity contribution in [2.75, 3.05) is 0 Å². The zero-order valence-electron chi connectivity index (χ0n) is 15.0. The lowest BCUT2D eigenvalue weighted by molar-refractivity contribution is 0.567. The van der Waals surface area contributed by atoms with Gasteiger partial charge >= 0.3 is 0 Å². The van der Waals surface area contributed by atoms with Gasteiger partial charge in [0.05, 0.1) is 10.6 Å². The number of pyridine rings is 1. The van der Waals surface area contributed by atoms with Crippen LogP contribution in [0.5, 0.6) is 5.75 Å². The lowest BCUT2D eigenvalue weighted by Gasteiger charge is -2.07. The number of aromatic nitrogens is 3. The largest absolute Gasteiger partial charge is 0.445 e. The average Bonchev–Trinajstić information content (AvgIpc) is 3.45. The van der Waals surface area contributed by atoms with Crippen LogP contribution >= 0.6 is 23.6 Å². The Morgan fingerprint density at radius 3 is 2.75 bits per heavy atom. The molecular formula is C22H17N3OS2. The van der Waals surface area contributed by atoms with Gasteiger partial charge in [-0.05, 0) is 49.0 Å². The summed E-state index contributed by atoms with van der Waals surface area (Å²) in [6.45, 7) is 1.01. The van der Waals surface area contributed by atoms with E-state index in [1.807, 2.05) is 60.2 Å². The van der Waals surface area contributed by atoms with Crippen molar-refractivity contribution in [1.29, 1.82) is 0 Å². The second-order valence-corrected chi connectivity index (χ2v) is 7.90. The van der Waals surface area contributed by atoms with E-state index in [2.05, 4.69) is 15.6 Å². The number of aryl methyl sites for hydroxylation is 1. The molecule has 4 heterocycles. The van der Waals surface area contributed by atoms with Crippen LogP contribution in [0.15, 0.2) is 66.3 Å². The topological polar surface area (TPSA) is 39.9 Å². The molecule has 0 atom stereocenters. The van der Waals surface area contributed by atoms with E-state index in [4.69, 9.17) is 21.9 Å². The van der Waals surface area contributed by atoms with E-state index in [-0.39, 0.29) is 0 Å². The third kappa shape index (κ3) is 3.15. The lowest BCUT2D eigenvalue weighted by Crippen LogP contribution is -2.05. The fraction of sp³-hybridized carbons (Fsp3) is 0.136. The van der Waals surface area contributed by atoms with Crippen LogP contribution in [0.2, 0.25) is 0 Å². The van der Waals surface area contributed by atoms with Crippen molar-refractivity contribution >= 4 is 28.6 Å². The maximum Gasteiger partial charge on any atom is 0.198 e. The van der Waals surface area contributed by atoms with Crippen molar-refractivity contribution in [3.63, 3.8) is 0 Å². The molecule has 0 amide bonds. The maximum absolute atomic E-state index is 5.83. The average molecular weight is 404 g/mol. The van der Waals surface area contributed by atoms with Crippen molar-refractivity contribution in [3.8, 4) is 27.6 Å². The number of fused-ring (bicyclic) bond motifs is 1. The molecule has 0 unspecified atom stereocenters. The Morgan fingerprint density at radius 2 is 1.93 bits per heavy atom. The van der Waals surface area contributed by atoms with E-state index in [1.54, 1.807) is 11.3 Å². The number of thiocarbonyl (C=S) groups is 1. The second-order valence-electron chi connectivity index (χ2n) is 6.62. The van der Waals surface area contributed by atoms with Crippen LogP contribution in [0, 0.1) is 0 Å². The van der Waals surface area contributed by atoms with Gasteiger partial charge in [0.25, 0.3) is 0 Å². The summed E-state index contributed by atoms with van der Waals surface area (Å²) in [4.78, 5) is 10.2. The van der Waals surface area contributed by atoms with E-state index in [1.165, 1.54) is 0 Å². The van der Waals surface area contributed by atoms with E-state index >= 15 is 0 Å². The monoisotopic (exact) mass is 403 g/mol. The molecule has 6 heteroatoms. The van der Waals surface area contributed by atoms with Gasteiger partial charge in [0, 0.05) is 41.9 Å². The minimum absolute atomic E-state index is 0.478. The fourth-order valence-electron chi connectivity index (χ4n) is 3.52. The third-order valence-electron chi connectivity index (χ3n) is 4.80. The number of ether oxygens (including phenoxy) is 1. The van der Waals surface area contributed by atoms with Crippen LogP contribution in [0.1, 0.15) is 17.8 Å². The number of para-hydroxylation sites is 1. The molecule has 0 saturated heterocycles. The zero-order valence-corrected chi connectivity index (χ0v) is 16.7. The van der Waals surface area contributed by atoms with E-state index in [9.17, 15) is 0 Å². The van der Waals surface area contributed by atoms with Gasteiger partial charge in [0.15, 0.2) is 5.05 Å². The molecule has 0 N–H and O–H groups in total. The Morgan fingerprint density at radius 1 is 1.11 bits per heavy atom. The Bertz CT molecular complexity index is 1130. The smallest absolute Gasteiger partial charge is 0.198 e. The molecule has 1 aliphatic heterocycles. The Hall–Kier alpha value is -2.83. The van der Waals surface area contributed by atoms with Crippen LogP contribution in [0.4, 0.5) is 0 Å². The van der Waals surface area contributed by atoms with Crippen molar-refractivity contribution in [1.82, 2.24) is 14.5 Å². The van der Waals surface area contributed by atoms with Gasteiger partial charge < -0.3 is 9.30 Å². The normalized spacial score (nSPS) is 12.7. The summed E-state index contributed by atoms with van der Waals surface area (Å²) < 4.78 is 8.17. The third-order valence-corrected chi connectivity index (χ3v) is 6.06. The van der Waals surface area contributed by atoms with Crippen LogP contribution in [0.3, 0.4) is 0 Å². The molecule has 4 aromatic rings. The molecule has 1 aliphatic rings. The molecule has 3 aromatic heterocycles. The molecule has 28 heavy (non-hydrogen) atoms. The highest BCUT2D eigenvalue weighted by Gasteiger charge is 2.24. The highest BCUT2D eigenvalue weighted by Crippen LogP contribution is 2.38. The van der Waals surface area contributed by atoms with Crippen molar-refractivity contribution in [2.45, 2.75) is 19.4 Å². The Kier molecular flexibility index (Phi) is 4.50. The molecule has 5 rings (SSSR count). The van der Waals surface area contributed by atoms with Crippen molar-refractivity contribution in [3.05, 3.63) is 77.7 Å². The lowest BCUT2D eigenvalue weighted by atomic mass is 10.1. The quantitative estimate of drug-likeness (QED) is 0.429. The molecule has 1 aromatic carbocycles. The molecule has 0 radical (unpaired) electrons. The first-order chi connectivity index (χ1) is 13.8. The van der Waals surface area contributed by atoms with Crippen molar-refractivity contribution < 1.29 is 4.74 Å². The summed E-state index contributed by atoms with van der Waals surface area (Å²) in [6.07, 6.45) is 5.82. The van der Waals surface area contributed by atoms with Gasteiger partial charge in [0.2, 0.25) is 0 Å². The summed E-state index contributed by atoms with van der Waals surface area (Å²) >= 11 is 7.16. The number of thiophene rings is 1. The SMILES string of the molecule is S=C(Oc1ccccc1)c1csc(-c2nc3n(c2-c2ccncc2)CCC3)c1. The molecule has 0 spiro atoms. The maximum atomic E-state index is 5.83. The first-order valence-electron chi connectivity index (χ1n) is 9.15. The van der Waals surface area contributed by atoms with E-state index in [0.29, 0.717) is 5.05 Å². The van der Waals surface area contributed by atoms with Gasteiger partial charge in [-0.3, -0.25) is 4.98 Å². The highest BCUT2D eigenvalue weighted by molar-refractivity contribution is 7.80. The van der Waals surface area contributed by atoms with Crippen molar-refractivity contribution in [2.24, 2.45) is 0 Å². The molecule has 4 nitrogen and oxygen atoms in total. The standard InChI is InChI=1S/C22H17N3OS2/c27-22(26-17-5-2-1-3-6-17)16-13-18(28-14-16)20-21(15-8-10-23-11-9-15)25-12-4-7-19(25)24-20/h1-3,5-6,8-11,13-14H,4,7,12H2. The van der Waals surface area contributed by atoms with E-state index < -0.39 is 0 Å². The number of rotatable bonds is 4. The predicted octanol–water partition coefficient (Wildman–Crippen LogP) is 5.37. The summed E-state index contributed by atoms with van der Waals surface area (Å²) in [5, 5.41) is 2.52. The number of imidazole rings is 1. The van der Waals surface area contributed by atoms with Gasteiger partial charge in [0.1, 0.15) is 17.3 Å². The molecular weight excluding hydrogens is 386 g/mol. The Labute approximate surface area is 172 Å². The summed E-state index contributed by atoms with van der Waals surface area (Å²) in [5.41, 5.74) is 4.23. The zero-order chi connectivity index (χ0) is 18.9. The summed E-state index contributed by atoms with van der Waals surface area (Å²) in [7, 11) is 0. The van der Waals surface area contributed by atoms with Crippen LogP contribution in [-0.2, 0) is 13.0 Å². The number of benzene rings is 1. The highest BCUT2D eigenvalue weighted by atomic mass is 32.1. The predicted molar refractivity (Wildman–Crippen MR) is 116 cm³/mol. The minimum atomic E-state index is 0.478. The van der Waals surface area contributed by atoms with Gasteiger partial charge in [-0.2, -0.15) is 0 Å². The molecule has 138 valence electrons. The number of hydrogen-bond donors (Lipinski definition) is 0. The second kappa shape index (κ2) is 7.30. The fourth-order valence-corrected chi connectivity index (χ4v) is 4.69. The molecule has 0 saturated carbocycles. The first kappa shape index (κ1) is 17.3. The van der Waals surface area contributed by atoms with Crippen LogP contribution in [-0.4, -0.2) is 19.6 Å². The van der Waals surface area contributed by atoms with Crippen LogP contribution in [0.25, 0.3) is 21.8 Å². The van der Waals surface area contributed by atoms with E-state index in [0.717, 1.165) is 58.4 Å². The number of hydrogen-bond acceptors (Lipinski definition) is 5. The van der Waals surface area contributed by atoms with Gasteiger partial charge in [-0.15, -0.1) is 11.3 Å². The van der Waals surface area contributed by atoms with Gasteiger partial charge in [-0.25, -0.2) is 4.98 Å². The molecule has 0 fully saturated rings. The Balaban J connectivity index is 1.51. The summed E-state index contributed by atoms with van der Waals surface area (Å²) in [5.74, 6) is 1.90. The number of nitrogens with zero attached hydrogens (tertiary/aromatic N) is 3. The van der Waals surface area contributed by atoms with Crippen LogP contribution < -0.4 is 4.74 Å². The van der Waals surface area contributed by atoms with Gasteiger partial charge in [-0.1, -0.05) is 18.2 Å². The minimum Gasteiger partial charge on any atom is -0.445 e. The molecule has 0 aliphatic carbocycles. The molecule has 0 bridgehead atoms. The first-order valence-corrected chi connectivity index (χ1v) is 10.4. The summed E-state index contributed by atoms with van der Waals surface area (Å²) in [6, 6.07) is 15.8.